The van der Waals surface area contributed by atoms with Gasteiger partial charge in [0, 0.05) is 24.8 Å². The van der Waals surface area contributed by atoms with Crippen molar-refractivity contribution in [3.05, 3.63) is 29.6 Å². The lowest BCUT2D eigenvalue weighted by Crippen LogP contribution is -2.32. The number of likely N-dealkylation sites (tertiary alicyclic amines) is 1. The molecule has 6 heteroatoms. The molecule has 0 saturated carbocycles. The van der Waals surface area contributed by atoms with E-state index in [9.17, 15) is 9.59 Å². The molecule has 1 aromatic heterocycles. The summed E-state index contributed by atoms with van der Waals surface area (Å²) in [4.78, 5) is 29.9. The number of hydrogen-bond acceptors (Lipinski definition) is 4. The molecule has 1 fully saturated rings. The molecule has 1 saturated heterocycles. The zero-order valence-corrected chi connectivity index (χ0v) is 13.0. The first-order chi connectivity index (χ1) is 10.7. The molecule has 0 unspecified atom stereocenters. The number of hydrogen-bond donors (Lipinski definition) is 1. The monoisotopic (exact) mass is 305 g/mol. The van der Waals surface area contributed by atoms with E-state index in [2.05, 4.69) is 10.3 Å². The fourth-order valence-corrected chi connectivity index (χ4v) is 2.51. The molecule has 120 valence electrons. The Balaban J connectivity index is 1.97. The van der Waals surface area contributed by atoms with Crippen molar-refractivity contribution in [2.24, 2.45) is 0 Å². The minimum atomic E-state index is -0.478. The average Bonchev–Trinajstić information content (AvgIpc) is 2.82. The Morgan fingerprint density at radius 1 is 1.27 bits per heavy atom. The molecular weight excluding hydrogens is 282 g/mol. The summed E-state index contributed by atoms with van der Waals surface area (Å²) in [7, 11) is 0. The third-order valence-corrected chi connectivity index (χ3v) is 3.65. The van der Waals surface area contributed by atoms with Crippen molar-refractivity contribution in [3.63, 3.8) is 0 Å². The van der Waals surface area contributed by atoms with Gasteiger partial charge in [-0.2, -0.15) is 0 Å². The molecule has 1 aromatic rings. The maximum Gasteiger partial charge on any atom is 0.407 e. The van der Waals surface area contributed by atoms with Gasteiger partial charge >= 0.3 is 6.09 Å². The van der Waals surface area contributed by atoms with Crippen LogP contribution in [0.5, 0.6) is 0 Å². The van der Waals surface area contributed by atoms with Crippen molar-refractivity contribution in [3.8, 4) is 0 Å². The van der Waals surface area contributed by atoms with Gasteiger partial charge < -0.3 is 15.0 Å². The molecule has 0 radical (unpaired) electrons. The fourth-order valence-electron chi connectivity index (χ4n) is 2.51. The van der Waals surface area contributed by atoms with E-state index < -0.39 is 6.09 Å². The Hall–Kier alpha value is -2.11. The predicted octanol–water partition coefficient (Wildman–Crippen LogP) is 2.34. The number of nitrogens with zero attached hydrogens (tertiary/aromatic N) is 2. The molecular formula is C16H23N3O3. The van der Waals surface area contributed by atoms with Crippen LogP contribution in [0.25, 0.3) is 0 Å². The highest BCUT2D eigenvalue weighted by Gasteiger charge is 2.17. The van der Waals surface area contributed by atoms with Gasteiger partial charge in [0.1, 0.15) is 0 Å². The molecule has 1 aliphatic rings. The van der Waals surface area contributed by atoms with Crippen LogP contribution in [-0.4, -0.2) is 41.6 Å². The summed E-state index contributed by atoms with van der Waals surface area (Å²) in [5.41, 5.74) is 1.27. The number of carbonyl (C=O) groups is 2. The summed E-state index contributed by atoms with van der Waals surface area (Å²) in [5.74, 6) is 0.0432. The summed E-state index contributed by atoms with van der Waals surface area (Å²) < 4.78 is 4.80. The van der Waals surface area contributed by atoms with E-state index in [1.54, 1.807) is 25.3 Å². The Labute approximate surface area is 130 Å². The number of alkyl carbamates (subject to hydrolysis) is 1. The zero-order valence-electron chi connectivity index (χ0n) is 13.0. The van der Waals surface area contributed by atoms with E-state index in [0.29, 0.717) is 17.9 Å². The minimum Gasteiger partial charge on any atom is -0.450 e. The van der Waals surface area contributed by atoms with E-state index in [-0.39, 0.29) is 12.5 Å². The van der Waals surface area contributed by atoms with E-state index in [1.807, 2.05) is 4.90 Å². The second kappa shape index (κ2) is 8.36. The Bertz CT molecular complexity index is 511. The number of amides is 2. The number of carbonyl (C=O) groups excluding carboxylic acids is 2. The molecule has 2 heterocycles. The van der Waals surface area contributed by atoms with Crippen LogP contribution in [0.4, 0.5) is 4.79 Å². The predicted molar refractivity (Wildman–Crippen MR) is 82.5 cm³/mol. The largest absolute Gasteiger partial charge is 0.450 e. The first-order valence-electron chi connectivity index (χ1n) is 7.85. The van der Waals surface area contributed by atoms with Crippen molar-refractivity contribution in [1.29, 1.82) is 0 Å². The van der Waals surface area contributed by atoms with Crippen LogP contribution in [0, 0.1) is 0 Å². The van der Waals surface area contributed by atoms with Crippen LogP contribution in [-0.2, 0) is 11.3 Å². The lowest BCUT2D eigenvalue weighted by Gasteiger charge is -2.20. The van der Waals surface area contributed by atoms with Crippen LogP contribution in [0.3, 0.4) is 0 Å². The van der Waals surface area contributed by atoms with Crippen molar-refractivity contribution in [2.75, 3.05) is 19.7 Å². The second-order valence-corrected chi connectivity index (χ2v) is 5.32. The number of aromatic nitrogens is 1. The Kier molecular flexibility index (Phi) is 6.18. The highest BCUT2D eigenvalue weighted by Crippen LogP contribution is 2.13. The van der Waals surface area contributed by atoms with Gasteiger partial charge in [0.05, 0.1) is 18.8 Å². The van der Waals surface area contributed by atoms with Crippen molar-refractivity contribution in [2.45, 2.75) is 39.2 Å². The van der Waals surface area contributed by atoms with Crippen molar-refractivity contribution >= 4 is 12.0 Å². The van der Waals surface area contributed by atoms with Gasteiger partial charge in [0.2, 0.25) is 0 Å². The average molecular weight is 305 g/mol. The molecule has 0 atom stereocenters. The zero-order chi connectivity index (χ0) is 15.8. The number of nitrogens with one attached hydrogen (secondary N) is 1. The van der Waals surface area contributed by atoms with Gasteiger partial charge in [-0.25, -0.2) is 4.79 Å². The summed E-state index contributed by atoms with van der Waals surface area (Å²) in [6, 6.07) is 3.46. The minimum absolute atomic E-state index is 0.0432. The molecule has 0 aromatic carbocycles. The molecule has 1 N–H and O–H groups in total. The van der Waals surface area contributed by atoms with Gasteiger partial charge in [-0.3, -0.25) is 9.78 Å². The third kappa shape index (κ3) is 4.72. The van der Waals surface area contributed by atoms with Gasteiger partial charge in [-0.1, -0.05) is 12.8 Å². The van der Waals surface area contributed by atoms with Crippen molar-refractivity contribution in [1.82, 2.24) is 15.2 Å². The molecule has 0 bridgehead atoms. The SMILES string of the molecule is CCOC(=O)NCc1cc(C(=O)N2CCCCCC2)ccn1. The topological polar surface area (TPSA) is 71.5 Å². The smallest absolute Gasteiger partial charge is 0.407 e. The van der Waals surface area contributed by atoms with Crippen LogP contribution in [0.2, 0.25) is 0 Å². The standard InChI is InChI=1S/C16H23N3O3/c1-2-22-16(21)18-12-14-11-13(7-8-17-14)15(20)19-9-5-3-4-6-10-19/h7-8,11H,2-6,9-10,12H2,1H3,(H,18,21). The molecule has 22 heavy (non-hydrogen) atoms. The number of rotatable bonds is 4. The molecule has 1 aliphatic heterocycles. The van der Waals surface area contributed by atoms with E-state index in [0.717, 1.165) is 25.9 Å². The van der Waals surface area contributed by atoms with E-state index in [1.165, 1.54) is 12.8 Å². The molecule has 0 spiro atoms. The Morgan fingerprint density at radius 3 is 2.68 bits per heavy atom. The van der Waals surface area contributed by atoms with Gasteiger partial charge in [0.15, 0.2) is 0 Å². The number of ether oxygens (including phenoxy) is 1. The number of pyridine rings is 1. The van der Waals surface area contributed by atoms with Gasteiger partial charge in [-0.15, -0.1) is 0 Å². The highest BCUT2D eigenvalue weighted by atomic mass is 16.5. The highest BCUT2D eigenvalue weighted by molar-refractivity contribution is 5.94. The summed E-state index contributed by atoms with van der Waals surface area (Å²) in [6.07, 6.45) is 5.63. The first kappa shape index (κ1) is 16.3. The summed E-state index contributed by atoms with van der Waals surface area (Å²) >= 11 is 0. The summed E-state index contributed by atoms with van der Waals surface area (Å²) in [5, 5.41) is 2.61. The molecule has 2 rings (SSSR count). The fraction of sp³-hybridized carbons (Fsp3) is 0.562. The van der Waals surface area contributed by atoms with E-state index in [4.69, 9.17) is 4.74 Å². The maximum atomic E-state index is 12.5. The Morgan fingerprint density at radius 2 is 2.00 bits per heavy atom. The van der Waals surface area contributed by atoms with E-state index >= 15 is 0 Å². The molecule has 2 amide bonds. The van der Waals surface area contributed by atoms with Crippen molar-refractivity contribution < 1.29 is 14.3 Å². The molecule has 0 aliphatic carbocycles. The molecule has 6 nitrogen and oxygen atoms in total. The lowest BCUT2D eigenvalue weighted by atomic mass is 10.2. The summed E-state index contributed by atoms with van der Waals surface area (Å²) in [6.45, 7) is 3.96. The van der Waals surface area contributed by atoms with Crippen LogP contribution >= 0.6 is 0 Å². The van der Waals surface area contributed by atoms with Gasteiger partial charge in [-0.05, 0) is 31.9 Å². The quantitative estimate of drug-likeness (QED) is 0.927. The third-order valence-electron chi connectivity index (χ3n) is 3.65. The normalized spacial score (nSPS) is 15.0. The maximum absolute atomic E-state index is 12.5. The first-order valence-corrected chi connectivity index (χ1v) is 7.85. The second-order valence-electron chi connectivity index (χ2n) is 5.32. The van der Waals surface area contributed by atoms with Crippen LogP contribution < -0.4 is 5.32 Å². The van der Waals surface area contributed by atoms with Gasteiger partial charge in [0.25, 0.3) is 5.91 Å². The lowest BCUT2D eigenvalue weighted by molar-refractivity contribution is 0.0761. The van der Waals surface area contributed by atoms with Crippen LogP contribution in [0.15, 0.2) is 18.3 Å². The van der Waals surface area contributed by atoms with Crippen LogP contribution in [0.1, 0.15) is 48.7 Å².